The predicted molar refractivity (Wildman–Crippen MR) is 72.9 cm³/mol. The van der Waals surface area contributed by atoms with Gasteiger partial charge in [0, 0.05) is 0 Å². The van der Waals surface area contributed by atoms with E-state index in [9.17, 15) is 4.57 Å². The topological polar surface area (TPSA) is 35.5 Å². The smallest absolute Gasteiger partial charge is 0.423 e. The highest BCUT2D eigenvalue weighted by atomic mass is 31.1. The lowest BCUT2D eigenvalue weighted by atomic mass is 10.3. The van der Waals surface area contributed by atoms with Crippen LogP contribution in [0, 0.1) is 0 Å². The zero-order valence-electron chi connectivity index (χ0n) is 10.3. The second kappa shape index (κ2) is 5.65. The summed E-state index contributed by atoms with van der Waals surface area (Å²) >= 11 is 0. The van der Waals surface area contributed by atoms with E-state index in [1.54, 1.807) is 26.4 Å². The fourth-order valence-electron chi connectivity index (χ4n) is 1.72. The molecule has 0 aliphatic heterocycles. The highest BCUT2D eigenvalue weighted by Crippen LogP contribution is 2.31. The molecule has 0 fully saturated rings. The zero-order chi connectivity index (χ0) is 13.0. The van der Waals surface area contributed by atoms with Crippen molar-refractivity contribution < 1.29 is 14.0 Å². The molecule has 0 bridgehead atoms. The third kappa shape index (κ3) is 2.36. The van der Waals surface area contributed by atoms with Crippen LogP contribution in [-0.2, 0) is 4.57 Å². The molecule has 4 heteroatoms. The molecule has 92 valence electrons. The van der Waals surface area contributed by atoms with Gasteiger partial charge >= 0.3 is 7.80 Å². The SMILES string of the molecule is COc1cccc(OC)c1[P+](=O)c1ccccc1. The van der Waals surface area contributed by atoms with E-state index in [4.69, 9.17) is 9.47 Å². The Labute approximate surface area is 107 Å². The van der Waals surface area contributed by atoms with Crippen molar-refractivity contribution in [3.05, 3.63) is 48.5 Å². The molecule has 1 atom stereocenters. The molecule has 0 radical (unpaired) electrons. The van der Waals surface area contributed by atoms with Gasteiger partial charge in [-0.25, -0.2) is 0 Å². The molecule has 2 aromatic carbocycles. The number of ether oxygens (including phenoxy) is 2. The summed E-state index contributed by atoms with van der Waals surface area (Å²) in [5, 5.41) is 1.36. The Hall–Kier alpha value is -1.86. The summed E-state index contributed by atoms with van der Waals surface area (Å²) in [6, 6.07) is 14.7. The molecule has 0 aliphatic carbocycles. The molecule has 3 nitrogen and oxygen atoms in total. The van der Waals surface area contributed by atoms with Crippen LogP contribution in [-0.4, -0.2) is 14.2 Å². The van der Waals surface area contributed by atoms with Crippen LogP contribution in [0.1, 0.15) is 0 Å². The van der Waals surface area contributed by atoms with Gasteiger partial charge in [-0.05, 0) is 24.3 Å². The normalized spacial score (nSPS) is 10.9. The van der Waals surface area contributed by atoms with Gasteiger partial charge in [0.1, 0.15) is 0 Å². The van der Waals surface area contributed by atoms with E-state index in [1.807, 2.05) is 36.4 Å². The van der Waals surface area contributed by atoms with Gasteiger partial charge in [0.25, 0.3) is 5.30 Å². The van der Waals surface area contributed by atoms with Crippen LogP contribution in [0.2, 0.25) is 0 Å². The first-order valence-electron chi connectivity index (χ1n) is 5.51. The monoisotopic (exact) mass is 261 g/mol. The van der Waals surface area contributed by atoms with E-state index in [1.165, 1.54) is 0 Å². The molecule has 0 heterocycles. The van der Waals surface area contributed by atoms with Crippen LogP contribution in [0.5, 0.6) is 11.5 Å². The molecule has 0 spiro atoms. The Bertz CT molecular complexity index is 530. The van der Waals surface area contributed by atoms with E-state index in [2.05, 4.69) is 0 Å². The maximum absolute atomic E-state index is 12.6. The van der Waals surface area contributed by atoms with E-state index in [-0.39, 0.29) is 0 Å². The van der Waals surface area contributed by atoms with Crippen molar-refractivity contribution in [1.29, 1.82) is 0 Å². The fourth-order valence-corrected chi connectivity index (χ4v) is 3.16. The predicted octanol–water partition coefficient (Wildman–Crippen LogP) is 2.48. The molecule has 0 aliphatic rings. The number of hydrogen-bond acceptors (Lipinski definition) is 3. The third-order valence-electron chi connectivity index (χ3n) is 2.60. The molecule has 2 aromatic rings. The molecule has 0 N–H and O–H groups in total. The Kier molecular flexibility index (Phi) is 3.96. The molecule has 2 rings (SSSR count). The molecular formula is C14H14O3P+. The lowest BCUT2D eigenvalue weighted by Gasteiger charge is -2.04. The van der Waals surface area contributed by atoms with E-state index in [0.717, 1.165) is 5.30 Å². The van der Waals surface area contributed by atoms with Crippen LogP contribution < -0.4 is 20.1 Å². The molecule has 0 amide bonds. The highest BCUT2D eigenvalue weighted by Gasteiger charge is 2.32. The molecule has 0 aromatic heterocycles. The second-order valence-corrected chi connectivity index (χ2v) is 5.19. The maximum atomic E-state index is 12.6. The standard InChI is InChI=1S/C14H14O3P/c1-16-12-9-6-10-13(17-2)14(12)18(15)11-7-4-3-5-8-11/h3-10H,1-2H3/q+1. The van der Waals surface area contributed by atoms with Gasteiger partial charge < -0.3 is 9.47 Å². The van der Waals surface area contributed by atoms with E-state index < -0.39 is 7.80 Å². The first-order valence-corrected chi connectivity index (χ1v) is 6.77. The van der Waals surface area contributed by atoms with Crippen molar-refractivity contribution in [1.82, 2.24) is 0 Å². The minimum absolute atomic E-state index is 0.583. The maximum Gasteiger partial charge on any atom is 0.423 e. The van der Waals surface area contributed by atoms with Crippen molar-refractivity contribution in [3.63, 3.8) is 0 Å². The lowest BCUT2D eigenvalue weighted by molar-refractivity contribution is 0.400. The van der Waals surface area contributed by atoms with Gasteiger partial charge in [-0.3, -0.25) is 0 Å². The van der Waals surface area contributed by atoms with Crippen molar-refractivity contribution in [3.8, 4) is 11.5 Å². The molecular weight excluding hydrogens is 247 g/mol. The van der Waals surface area contributed by atoms with Crippen molar-refractivity contribution in [2.75, 3.05) is 14.2 Å². The summed E-state index contributed by atoms with van der Waals surface area (Å²) < 4.78 is 23.1. The van der Waals surface area contributed by atoms with Gasteiger partial charge in [-0.15, -0.1) is 0 Å². The van der Waals surface area contributed by atoms with Gasteiger partial charge in [-0.2, -0.15) is 0 Å². The first-order chi connectivity index (χ1) is 8.77. The minimum atomic E-state index is -1.72. The van der Waals surface area contributed by atoms with Crippen LogP contribution >= 0.6 is 7.80 Å². The summed E-state index contributed by atoms with van der Waals surface area (Å²) in [5.41, 5.74) is 0. The average molecular weight is 261 g/mol. The summed E-state index contributed by atoms with van der Waals surface area (Å²) in [5.74, 6) is 1.17. The number of hydrogen-bond donors (Lipinski definition) is 0. The van der Waals surface area contributed by atoms with Crippen LogP contribution in [0.25, 0.3) is 0 Å². The average Bonchev–Trinajstić information content (AvgIpc) is 2.46. The van der Waals surface area contributed by atoms with E-state index >= 15 is 0 Å². The highest BCUT2D eigenvalue weighted by molar-refractivity contribution is 7.62. The molecule has 0 saturated carbocycles. The van der Waals surface area contributed by atoms with Gasteiger partial charge in [-0.1, -0.05) is 28.8 Å². The molecule has 1 unspecified atom stereocenters. The molecule has 0 saturated heterocycles. The van der Waals surface area contributed by atoms with Gasteiger partial charge in [0.2, 0.25) is 0 Å². The largest absolute Gasteiger partial charge is 0.492 e. The zero-order valence-corrected chi connectivity index (χ0v) is 11.2. The number of benzene rings is 2. The Balaban J connectivity index is 2.53. The van der Waals surface area contributed by atoms with Crippen molar-refractivity contribution in [2.45, 2.75) is 0 Å². The Morgan fingerprint density at radius 1 is 0.833 bits per heavy atom. The van der Waals surface area contributed by atoms with Crippen LogP contribution in [0.15, 0.2) is 48.5 Å². The van der Waals surface area contributed by atoms with E-state index in [0.29, 0.717) is 16.8 Å². The molecule has 18 heavy (non-hydrogen) atoms. The van der Waals surface area contributed by atoms with Gasteiger partial charge in [0.15, 0.2) is 16.8 Å². The van der Waals surface area contributed by atoms with Crippen molar-refractivity contribution in [2.24, 2.45) is 0 Å². The summed E-state index contributed by atoms with van der Waals surface area (Å²) in [7, 11) is 1.40. The summed E-state index contributed by atoms with van der Waals surface area (Å²) in [6.45, 7) is 0. The van der Waals surface area contributed by atoms with Crippen molar-refractivity contribution >= 4 is 18.4 Å². The Morgan fingerprint density at radius 2 is 1.39 bits per heavy atom. The number of methoxy groups -OCH3 is 2. The Morgan fingerprint density at radius 3 is 1.89 bits per heavy atom. The minimum Gasteiger partial charge on any atom is -0.492 e. The van der Waals surface area contributed by atoms with Crippen LogP contribution in [0.3, 0.4) is 0 Å². The number of rotatable bonds is 4. The second-order valence-electron chi connectivity index (χ2n) is 3.64. The summed E-state index contributed by atoms with van der Waals surface area (Å²) in [6.07, 6.45) is 0. The lowest BCUT2D eigenvalue weighted by Crippen LogP contribution is -2.12. The van der Waals surface area contributed by atoms with Crippen LogP contribution in [0.4, 0.5) is 0 Å². The summed E-state index contributed by atoms with van der Waals surface area (Å²) in [4.78, 5) is 0. The quantitative estimate of drug-likeness (QED) is 0.793. The fraction of sp³-hybridized carbons (Fsp3) is 0.143. The first kappa shape index (κ1) is 12.6. The third-order valence-corrected chi connectivity index (χ3v) is 4.21. The van der Waals surface area contributed by atoms with Gasteiger partial charge in [0.05, 0.1) is 14.2 Å².